The fourth-order valence-corrected chi connectivity index (χ4v) is 3.12. The highest BCUT2D eigenvalue weighted by Crippen LogP contribution is 2.28. The van der Waals surface area contributed by atoms with Crippen molar-refractivity contribution in [3.63, 3.8) is 0 Å². The molecule has 0 aliphatic rings. The number of benzene rings is 1. The minimum Gasteiger partial charge on any atom is -0.497 e. The maximum atomic E-state index is 12.5. The lowest BCUT2D eigenvalue weighted by atomic mass is 10.2. The molecule has 0 unspecified atom stereocenters. The fraction of sp³-hybridized carbons (Fsp3) is 0.273. The zero-order valence-electron chi connectivity index (χ0n) is 17.4. The van der Waals surface area contributed by atoms with E-state index in [1.165, 1.54) is 14.2 Å². The maximum absolute atomic E-state index is 12.5. The van der Waals surface area contributed by atoms with Gasteiger partial charge in [0, 0.05) is 17.5 Å². The minimum absolute atomic E-state index is 0.408. The van der Waals surface area contributed by atoms with Gasteiger partial charge in [-0.3, -0.25) is 4.79 Å². The molecule has 3 rings (SSSR count). The number of hydrogen-bond donors (Lipinski definition) is 1. The first-order valence-corrected chi connectivity index (χ1v) is 9.31. The number of nitrogens with zero attached hydrogens (tertiary/aromatic N) is 1. The number of esters is 1. The maximum Gasteiger partial charge on any atom is 0.340 e. The number of nitrogens with one attached hydrogen (secondary N) is 1. The van der Waals surface area contributed by atoms with Crippen LogP contribution in [0.25, 0.3) is 0 Å². The van der Waals surface area contributed by atoms with Gasteiger partial charge in [0.05, 0.1) is 38.3 Å². The van der Waals surface area contributed by atoms with Gasteiger partial charge in [-0.1, -0.05) is 0 Å². The Balaban J connectivity index is 1.64. The Morgan fingerprint density at radius 1 is 1.10 bits per heavy atom. The van der Waals surface area contributed by atoms with Crippen LogP contribution in [0.2, 0.25) is 0 Å². The van der Waals surface area contributed by atoms with Gasteiger partial charge in [0.1, 0.15) is 17.3 Å². The van der Waals surface area contributed by atoms with Crippen LogP contribution in [0.3, 0.4) is 0 Å². The number of rotatable bonds is 8. The van der Waals surface area contributed by atoms with E-state index in [2.05, 4.69) is 5.32 Å². The molecule has 3 aromatic rings. The average Bonchev–Trinajstić information content (AvgIpc) is 3.35. The fourth-order valence-electron chi connectivity index (χ4n) is 3.12. The average molecular weight is 412 g/mol. The summed E-state index contributed by atoms with van der Waals surface area (Å²) in [6.07, 6.45) is 1.61. The van der Waals surface area contributed by atoms with Gasteiger partial charge >= 0.3 is 5.97 Å². The molecule has 0 saturated heterocycles. The highest BCUT2D eigenvalue weighted by molar-refractivity contribution is 5.97. The van der Waals surface area contributed by atoms with E-state index < -0.39 is 18.5 Å². The SMILES string of the molecule is COc1ccc(OC)c(NC(=O)COC(=O)c2cc(C)n(Cc3ccco3)c2C)c1. The third kappa shape index (κ3) is 4.65. The van der Waals surface area contributed by atoms with Crippen LogP contribution in [0.4, 0.5) is 5.69 Å². The van der Waals surface area contributed by atoms with Crippen LogP contribution in [-0.4, -0.2) is 37.3 Å². The first kappa shape index (κ1) is 21.0. The standard InChI is InChI=1S/C22H24N2O6/c1-14-10-18(15(2)24(14)12-17-6-5-9-29-17)22(26)30-13-21(25)23-19-11-16(27-3)7-8-20(19)28-4/h5-11H,12-13H2,1-4H3,(H,23,25). The summed E-state index contributed by atoms with van der Waals surface area (Å²) >= 11 is 0. The van der Waals surface area contributed by atoms with E-state index >= 15 is 0 Å². The number of amides is 1. The van der Waals surface area contributed by atoms with Crippen molar-refractivity contribution in [1.29, 1.82) is 0 Å². The van der Waals surface area contributed by atoms with Crippen molar-refractivity contribution in [2.45, 2.75) is 20.4 Å². The summed E-state index contributed by atoms with van der Waals surface area (Å²) in [7, 11) is 3.02. The Labute approximate surface area is 174 Å². The van der Waals surface area contributed by atoms with Crippen LogP contribution in [0, 0.1) is 13.8 Å². The second-order valence-corrected chi connectivity index (χ2v) is 6.64. The molecule has 0 bridgehead atoms. The van der Waals surface area contributed by atoms with Crippen LogP contribution in [0.5, 0.6) is 11.5 Å². The molecule has 0 aliphatic heterocycles. The molecule has 158 valence electrons. The van der Waals surface area contributed by atoms with Gasteiger partial charge in [0.15, 0.2) is 6.61 Å². The monoisotopic (exact) mass is 412 g/mol. The molecule has 8 nitrogen and oxygen atoms in total. The van der Waals surface area contributed by atoms with Crippen molar-refractivity contribution in [3.8, 4) is 11.5 Å². The van der Waals surface area contributed by atoms with Crippen molar-refractivity contribution in [2.24, 2.45) is 0 Å². The molecule has 0 saturated carbocycles. The number of anilines is 1. The van der Waals surface area contributed by atoms with Gasteiger partial charge in [-0.2, -0.15) is 0 Å². The van der Waals surface area contributed by atoms with Crippen LogP contribution in [0.15, 0.2) is 47.1 Å². The van der Waals surface area contributed by atoms with Crippen molar-refractivity contribution >= 4 is 17.6 Å². The molecular weight excluding hydrogens is 388 g/mol. The molecule has 0 fully saturated rings. The van der Waals surface area contributed by atoms with E-state index in [4.69, 9.17) is 18.6 Å². The number of methoxy groups -OCH3 is 2. The number of aromatic nitrogens is 1. The first-order valence-electron chi connectivity index (χ1n) is 9.31. The van der Waals surface area contributed by atoms with E-state index in [0.717, 1.165) is 17.1 Å². The first-order chi connectivity index (χ1) is 14.4. The largest absolute Gasteiger partial charge is 0.497 e. The summed E-state index contributed by atoms with van der Waals surface area (Å²) in [6, 6.07) is 10.4. The minimum atomic E-state index is -0.568. The van der Waals surface area contributed by atoms with Gasteiger partial charge in [0.2, 0.25) is 0 Å². The lowest BCUT2D eigenvalue weighted by Gasteiger charge is -2.12. The third-order valence-electron chi connectivity index (χ3n) is 4.70. The number of carbonyl (C=O) groups excluding carboxylic acids is 2. The zero-order chi connectivity index (χ0) is 21.7. The van der Waals surface area contributed by atoms with Crippen LogP contribution in [-0.2, 0) is 16.1 Å². The lowest BCUT2D eigenvalue weighted by Crippen LogP contribution is -2.21. The van der Waals surface area contributed by atoms with Crippen LogP contribution in [0.1, 0.15) is 27.5 Å². The summed E-state index contributed by atoms with van der Waals surface area (Å²) in [6.45, 7) is 3.80. The Morgan fingerprint density at radius 3 is 2.57 bits per heavy atom. The predicted molar refractivity (Wildman–Crippen MR) is 110 cm³/mol. The number of hydrogen-bond acceptors (Lipinski definition) is 6. The number of aryl methyl sites for hydroxylation is 1. The Hall–Kier alpha value is -3.68. The van der Waals surface area contributed by atoms with Crippen LogP contribution < -0.4 is 14.8 Å². The van der Waals surface area contributed by atoms with Gasteiger partial charge in [-0.05, 0) is 44.2 Å². The van der Waals surface area contributed by atoms with E-state index in [-0.39, 0.29) is 0 Å². The smallest absolute Gasteiger partial charge is 0.340 e. The van der Waals surface area contributed by atoms with Crippen molar-refractivity contribution < 1.29 is 28.2 Å². The predicted octanol–water partition coefficient (Wildman–Crippen LogP) is 3.56. The molecule has 0 radical (unpaired) electrons. The van der Waals surface area contributed by atoms with Gasteiger partial charge in [-0.15, -0.1) is 0 Å². The zero-order valence-corrected chi connectivity index (χ0v) is 17.4. The lowest BCUT2D eigenvalue weighted by molar-refractivity contribution is -0.119. The van der Waals surface area contributed by atoms with Gasteiger partial charge < -0.3 is 28.5 Å². The number of ether oxygens (including phenoxy) is 3. The van der Waals surface area contributed by atoms with E-state index in [0.29, 0.717) is 29.3 Å². The molecule has 2 heterocycles. The van der Waals surface area contributed by atoms with Gasteiger partial charge in [-0.25, -0.2) is 4.79 Å². The summed E-state index contributed by atoms with van der Waals surface area (Å²) < 4.78 is 22.9. The van der Waals surface area contributed by atoms with Gasteiger partial charge in [0.25, 0.3) is 5.91 Å². The van der Waals surface area contributed by atoms with Crippen LogP contribution >= 0.6 is 0 Å². The summed E-state index contributed by atoms with van der Waals surface area (Å²) in [5, 5.41) is 2.67. The third-order valence-corrected chi connectivity index (χ3v) is 4.70. The van der Waals surface area contributed by atoms with Crippen molar-refractivity contribution in [2.75, 3.05) is 26.1 Å². The quantitative estimate of drug-likeness (QED) is 0.569. The molecule has 0 atom stereocenters. The normalized spacial score (nSPS) is 10.5. The summed E-state index contributed by atoms with van der Waals surface area (Å²) in [5.74, 6) is 0.758. The van der Waals surface area contributed by atoms with Crippen molar-refractivity contribution in [3.05, 3.63) is 65.4 Å². The highest BCUT2D eigenvalue weighted by Gasteiger charge is 2.19. The molecular formula is C22H24N2O6. The topological polar surface area (TPSA) is 91.9 Å². The second kappa shape index (κ2) is 9.21. The Bertz CT molecular complexity index is 1040. The molecule has 8 heteroatoms. The molecule has 0 aliphatic carbocycles. The molecule has 1 aromatic carbocycles. The molecule has 1 N–H and O–H groups in total. The van der Waals surface area contributed by atoms with E-state index in [1.54, 1.807) is 30.5 Å². The van der Waals surface area contributed by atoms with Crippen molar-refractivity contribution in [1.82, 2.24) is 4.57 Å². The van der Waals surface area contributed by atoms with E-state index in [1.807, 2.05) is 30.5 Å². The summed E-state index contributed by atoms with van der Waals surface area (Å²) in [4.78, 5) is 24.8. The Morgan fingerprint density at radius 2 is 1.90 bits per heavy atom. The number of carbonyl (C=O) groups is 2. The second-order valence-electron chi connectivity index (χ2n) is 6.64. The number of furan rings is 1. The highest BCUT2D eigenvalue weighted by atomic mass is 16.5. The molecule has 1 amide bonds. The Kier molecular flexibility index (Phi) is 6.46. The molecule has 2 aromatic heterocycles. The summed E-state index contributed by atoms with van der Waals surface area (Å²) in [5.41, 5.74) is 2.46. The molecule has 0 spiro atoms. The van der Waals surface area contributed by atoms with E-state index in [9.17, 15) is 9.59 Å². The molecule has 30 heavy (non-hydrogen) atoms.